The number of unbranched alkanes of at least 4 members (excludes halogenated alkanes) is 31. The van der Waals surface area contributed by atoms with Crippen LogP contribution in [0.4, 0.5) is 0 Å². The standard InChI is InChI=1S/C51H97NO5/c1-3-5-7-9-11-13-15-17-19-21-22-24-27-31-35-39-43-49(54)48(47-53)52-50(55)44-40-36-32-28-26-30-34-38-42-46-57-51(56)45-41-37-33-29-25-23-20-18-16-14-12-10-8-6-4-2/h12,14,18,20,48-49,53-54H,3-11,13,15-17,19,21-47H2,1-2H3,(H,52,55)/b14-12-,20-18-. The van der Waals surface area contributed by atoms with Gasteiger partial charge in [0.05, 0.1) is 25.4 Å². The van der Waals surface area contributed by atoms with Crippen molar-refractivity contribution in [2.24, 2.45) is 0 Å². The monoisotopic (exact) mass is 804 g/mol. The van der Waals surface area contributed by atoms with Gasteiger partial charge in [0.25, 0.3) is 0 Å². The summed E-state index contributed by atoms with van der Waals surface area (Å²) in [7, 11) is 0. The molecular formula is C51H97NO5. The van der Waals surface area contributed by atoms with Gasteiger partial charge in [-0.25, -0.2) is 0 Å². The minimum atomic E-state index is -0.682. The number of amides is 1. The Hall–Kier alpha value is -1.66. The maximum atomic E-state index is 12.4. The minimum Gasteiger partial charge on any atom is -0.466 e. The number of aliphatic hydroxyl groups is 2. The van der Waals surface area contributed by atoms with Gasteiger partial charge in [-0.05, 0) is 57.8 Å². The number of ether oxygens (including phenoxy) is 1. The highest BCUT2D eigenvalue weighted by molar-refractivity contribution is 5.76. The van der Waals surface area contributed by atoms with Crippen molar-refractivity contribution < 1.29 is 24.5 Å². The van der Waals surface area contributed by atoms with Crippen molar-refractivity contribution in [3.63, 3.8) is 0 Å². The van der Waals surface area contributed by atoms with E-state index in [-0.39, 0.29) is 18.5 Å². The minimum absolute atomic E-state index is 0.0389. The lowest BCUT2D eigenvalue weighted by molar-refractivity contribution is -0.143. The van der Waals surface area contributed by atoms with Gasteiger partial charge in [-0.1, -0.05) is 218 Å². The summed E-state index contributed by atoms with van der Waals surface area (Å²) >= 11 is 0. The highest BCUT2D eigenvalue weighted by atomic mass is 16.5. The van der Waals surface area contributed by atoms with E-state index in [1.807, 2.05) is 0 Å². The molecule has 0 saturated carbocycles. The van der Waals surface area contributed by atoms with Crippen LogP contribution in [-0.2, 0) is 14.3 Å². The predicted octanol–water partition coefficient (Wildman–Crippen LogP) is 14.7. The van der Waals surface area contributed by atoms with Crippen LogP contribution in [0.3, 0.4) is 0 Å². The smallest absolute Gasteiger partial charge is 0.305 e. The third-order valence-corrected chi connectivity index (χ3v) is 11.5. The Kier molecular flexibility index (Phi) is 45.7. The van der Waals surface area contributed by atoms with E-state index in [4.69, 9.17) is 4.74 Å². The van der Waals surface area contributed by atoms with Crippen molar-refractivity contribution in [1.82, 2.24) is 5.32 Å². The summed E-state index contributed by atoms with van der Waals surface area (Å²) in [6, 6.07) is -0.562. The summed E-state index contributed by atoms with van der Waals surface area (Å²) in [5, 5.41) is 23.2. The molecule has 2 atom stereocenters. The second kappa shape index (κ2) is 47.0. The normalized spacial score (nSPS) is 12.8. The van der Waals surface area contributed by atoms with Gasteiger partial charge < -0.3 is 20.3 Å². The lowest BCUT2D eigenvalue weighted by Gasteiger charge is -2.22. The number of hydrogen-bond donors (Lipinski definition) is 3. The molecule has 0 spiro atoms. The Balaban J connectivity index is 3.51. The summed E-state index contributed by atoms with van der Waals surface area (Å²) in [4.78, 5) is 24.5. The number of aliphatic hydroxyl groups excluding tert-OH is 2. The molecular weight excluding hydrogens is 707 g/mol. The van der Waals surface area contributed by atoms with Crippen LogP contribution in [-0.4, -0.2) is 47.4 Å². The van der Waals surface area contributed by atoms with Crippen LogP contribution in [0.2, 0.25) is 0 Å². The molecule has 0 aromatic heterocycles. The first-order valence-corrected chi connectivity index (χ1v) is 25.1. The van der Waals surface area contributed by atoms with Crippen molar-refractivity contribution in [1.29, 1.82) is 0 Å². The van der Waals surface area contributed by atoms with Gasteiger partial charge in [-0.15, -0.1) is 0 Å². The van der Waals surface area contributed by atoms with Gasteiger partial charge in [-0.3, -0.25) is 9.59 Å². The summed E-state index contributed by atoms with van der Waals surface area (Å²) in [5.74, 6) is -0.102. The summed E-state index contributed by atoms with van der Waals surface area (Å²) in [5.41, 5.74) is 0. The Morgan fingerprint density at radius 2 is 0.877 bits per heavy atom. The second-order valence-corrected chi connectivity index (χ2v) is 17.1. The first-order chi connectivity index (χ1) is 28.0. The van der Waals surface area contributed by atoms with Crippen molar-refractivity contribution >= 4 is 11.9 Å². The highest BCUT2D eigenvalue weighted by Crippen LogP contribution is 2.16. The molecule has 0 aromatic rings. The van der Waals surface area contributed by atoms with Crippen molar-refractivity contribution in [2.45, 2.75) is 276 Å². The van der Waals surface area contributed by atoms with Gasteiger partial charge >= 0.3 is 5.97 Å². The van der Waals surface area contributed by atoms with E-state index in [9.17, 15) is 19.8 Å². The van der Waals surface area contributed by atoms with E-state index in [2.05, 4.69) is 43.5 Å². The first kappa shape index (κ1) is 55.3. The molecule has 0 aliphatic rings. The van der Waals surface area contributed by atoms with Crippen molar-refractivity contribution in [3.05, 3.63) is 24.3 Å². The van der Waals surface area contributed by atoms with E-state index in [1.165, 1.54) is 161 Å². The number of esters is 1. The van der Waals surface area contributed by atoms with Gasteiger partial charge in [0.1, 0.15) is 0 Å². The molecule has 0 heterocycles. The van der Waals surface area contributed by atoms with E-state index < -0.39 is 12.1 Å². The maximum absolute atomic E-state index is 12.4. The third-order valence-electron chi connectivity index (χ3n) is 11.5. The van der Waals surface area contributed by atoms with Crippen LogP contribution in [0.1, 0.15) is 264 Å². The quantitative estimate of drug-likeness (QED) is 0.0324. The molecule has 0 rings (SSSR count). The van der Waals surface area contributed by atoms with Crippen LogP contribution in [0.5, 0.6) is 0 Å². The molecule has 0 aliphatic carbocycles. The zero-order chi connectivity index (χ0) is 41.5. The van der Waals surface area contributed by atoms with E-state index >= 15 is 0 Å². The maximum Gasteiger partial charge on any atom is 0.305 e. The summed E-state index contributed by atoms with van der Waals surface area (Å²) < 4.78 is 5.44. The molecule has 6 nitrogen and oxygen atoms in total. The second-order valence-electron chi connectivity index (χ2n) is 17.1. The fraction of sp³-hybridized carbons (Fsp3) is 0.882. The third kappa shape index (κ3) is 43.7. The van der Waals surface area contributed by atoms with E-state index in [1.54, 1.807) is 0 Å². The van der Waals surface area contributed by atoms with E-state index in [0.29, 0.717) is 25.9 Å². The lowest BCUT2D eigenvalue weighted by Crippen LogP contribution is -2.45. The van der Waals surface area contributed by atoms with Crippen LogP contribution in [0, 0.1) is 0 Å². The van der Waals surface area contributed by atoms with Crippen LogP contribution < -0.4 is 5.32 Å². The molecule has 6 heteroatoms. The molecule has 57 heavy (non-hydrogen) atoms. The highest BCUT2D eigenvalue weighted by Gasteiger charge is 2.20. The Bertz CT molecular complexity index is 889. The summed E-state index contributed by atoms with van der Waals surface area (Å²) in [6.07, 6.45) is 54.2. The number of hydrogen-bond acceptors (Lipinski definition) is 5. The first-order valence-electron chi connectivity index (χ1n) is 25.1. The van der Waals surface area contributed by atoms with Crippen LogP contribution >= 0.6 is 0 Å². The SMILES string of the molecule is CCCCC/C=C\C/C=C\CCCCCCCC(=O)OCCCCCCCCCCCC(=O)NC(CO)C(O)CCCCCCCCCCCCCCCCCC. The molecule has 0 aliphatic heterocycles. The fourth-order valence-electron chi connectivity index (χ4n) is 7.61. The molecule has 0 aromatic carbocycles. The van der Waals surface area contributed by atoms with Gasteiger partial charge in [-0.2, -0.15) is 0 Å². The van der Waals surface area contributed by atoms with E-state index in [0.717, 1.165) is 70.6 Å². The van der Waals surface area contributed by atoms with Gasteiger partial charge in [0.15, 0.2) is 0 Å². The molecule has 2 unspecified atom stereocenters. The largest absolute Gasteiger partial charge is 0.466 e. The van der Waals surface area contributed by atoms with Gasteiger partial charge in [0.2, 0.25) is 5.91 Å². The molecule has 0 radical (unpaired) electrons. The van der Waals surface area contributed by atoms with Crippen LogP contribution in [0.15, 0.2) is 24.3 Å². The number of carbonyl (C=O) groups excluding carboxylic acids is 2. The fourth-order valence-corrected chi connectivity index (χ4v) is 7.61. The Labute approximate surface area is 354 Å². The Morgan fingerprint density at radius 3 is 1.37 bits per heavy atom. The number of allylic oxidation sites excluding steroid dienone is 4. The van der Waals surface area contributed by atoms with Crippen molar-refractivity contribution in [3.8, 4) is 0 Å². The topological polar surface area (TPSA) is 95.9 Å². The number of nitrogens with one attached hydrogen (secondary N) is 1. The molecule has 336 valence electrons. The predicted molar refractivity (Wildman–Crippen MR) is 246 cm³/mol. The molecule has 0 saturated heterocycles. The molecule has 0 fully saturated rings. The van der Waals surface area contributed by atoms with Gasteiger partial charge in [0, 0.05) is 12.8 Å². The molecule has 1 amide bonds. The van der Waals surface area contributed by atoms with Crippen LogP contribution in [0.25, 0.3) is 0 Å². The average Bonchev–Trinajstić information content (AvgIpc) is 3.21. The Morgan fingerprint density at radius 1 is 0.491 bits per heavy atom. The number of carbonyl (C=O) groups is 2. The molecule has 3 N–H and O–H groups in total. The zero-order valence-electron chi connectivity index (χ0n) is 38.1. The lowest BCUT2D eigenvalue weighted by atomic mass is 10.0. The molecule has 0 bridgehead atoms. The average molecular weight is 804 g/mol. The van der Waals surface area contributed by atoms with Crippen molar-refractivity contribution in [2.75, 3.05) is 13.2 Å². The zero-order valence-corrected chi connectivity index (χ0v) is 38.1. The summed E-state index contributed by atoms with van der Waals surface area (Å²) in [6.45, 7) is 4.86. The number of rotatable bonds is 46.